The number of amides is 1. The number of rotatable bonds is 7. The van der Waals surface area contributed by atoms with Gasteiger partial charge in [0.2, 0.25) is 0 Å². The lowest BCUT2D eigenvalue weighted by atomic mass is 10.1. The van der Waals surface area contributed by atoms with Crippen LogP contribution in [-0.4, -0.2) is 57.8 Å². The van der Waals surface area contributed by atoms with Gasteiger partial charge in [0, 0.05) is 25.3 Å². The molecule has 2 N–H and O–H groups in total. The Morgan fingerprint density at radius 1 is 1.17 bits per heavy atom. The Labute approximate surface area is 168 Å². The summed E-state index contributed by atoms with van der Waals surface area (Å²) in [4.78, 5) is 38.9. The van der Waals surface area contributed by atoms with Gasteiger partial charge in [-0.25, -0.2) is 9.59 Å². The van der Waals surface area contributed by atoms with Crippen molar-refractivity contribution in [1.82, 2.24) is 14.0 Å². The number of aromatic nitrogens is 2. The van der Waals surface area contributed by atoms with Crippen LogP contribution in [0.3, 0.4) is 0 Å². The SMILES string of the molecule is CCn1c(=O)n(CC)c2cc(NC3=C(C(=O)OC)CN(CCO)C3=O)c(C)cc21. The lowest BCUT2D eigenvalue weighted by Gasteiger charge is -2.16. The molecule has 29 heavy (non-hydrogen) atoms. The van der Waals surface area contributed by atoms with E-state index in [4.69, 9.17) is 4.74 Å². The fraction of sp³-hybridized carbons (Fsp3) is 0.450. The molecule has 0 saturated heterocycles. The number of ether oxygens (including phenoxy) is 1. The first-order valence-corrected chi connectivity index (χ1v) is 9.60. The zero-order valence-corrected chi connectivity index (χ0v) is 17.1. The van der Waals surface area contributed by atoms with E-state index >= 15 is 0 Å². The van der Waals surface area contributed by atoms with Gasteiger partial charge in [0.05, 0.1) is 36.9 Å². The summed E-state index contributed by atoms with van der Waals surface area (Å²) in [6.45, 7) is 6.76. The predicted octanol–water partition coefficient (Wildman–Crippen LogP) is 0.825. The van der Waals surface area contributed by atoms with Crippen LogP contribution < -0.4 is 11.0 Å². The van der Waals surface area contributed by atoms with E-state index < -0.39 is 5.97 Å². The maximum absolute atomic E-state index is 12.8. The van der Waals surface area contributed by atoms with Crippen LogP contribution in [0.25, 0.3) is 11.0 Å². The maximum Gasteiger partial charge on any atom is 0.337 e. The van der Waals surface area contributed by atoms with Crippen LogP contribution in [0.1, 0.15) is 19.4 Å². The number of fused-ring (bicyclic) bond motifs is 1. The Kier molecular flexibility index (Phi) is 5.78. The first-order valence-electron chi connectivity index (χ1n) is 9.60. The molecule has 2 heterocycles. The van der Waals surface area contributed by atoms with Gasteiger partial charge in [-0.2, -0.15) is 0 Å². The van der Waals surface area contributed by atoms with Crippen LogP contribution >= 0.6 is 0 Å². The molecule has 3 rings (SSSR count). The van der Waals surface area contributed by atoms with Gasteiger partial charge in [-0.15, -0.1) is 0 Å². The number of anilines is 1. The summed E-state index contributed by atoms with van der Waals surface area (Å²) in [7, 11) is 1.26. The van der Waals surface area contributed by atoms with E-state index in [0.29, 0.717) is 18.8 Å². The summed E-state index contributed by atoms with van der Waals surface area (Å²) < 4.78 is 8.20. The number of benzene rings is 1. The van der Waals surface area contributed by atoms with Crippen molar-refractivity contribution in [2.45, 2.75) is 33.9 Å². The molecule has 0 radical (unpaired) electrons. The van der Waals surface area contributed by atoms with Gasteiger partial charge in [0.1, 0.15) is 5.70 Å². The van der Waals surface area contributed by atoms with Crippen LogP contribution in [0, 0.1) is 6.92 Å². The number of aliphatic hydroxyl groups excluding tert-OH is 1. The molecule has 0 bridgehead atoms. The number of hydrogen-bond acceptors (Lipinski definition) is 6. The van der Waals surface area contributed by atoms with Crippen LogP contribution in [0.5, 0.6) is 0 Å². The molecule has 1 amide bonds. The third kappa shape index (κ3) is 3.42. The number of nitrogens with one attached hydrogen (secondary N) is 1. The number of hydrogen-bond donors (Lipinski definition) is 2. The normalized spacial score (nSPS) is 14.2. The summed E-state index contributed by atoms with van der Waals surface area (Å²) in [6, 6.07) is 3.73. The summed E-state index contributed by atoms with van der Waals surface area (Å²) in [5.41, 5.74) is 3.30. The molecule has 1 aliphatic heterocycles. The Balaban J connectivity index is 2.10. The van der Waals surface area contributed by atoms with E-state index in [1.807, 2.05) is 32.9 Å². The molecule has 1 aromatic carbocycles. The lowest BCUT2D eigenvalue weighted by Crippen LogP contribution is -2.31. The van der Waals surface area contributed by atoms with E-state index in [9.17, 15) is 19.5 Å². The zero-order valence-electron chi connectivity index (χ0n) is 17.1. The number of β-amino-alcohol motifs (C(OH)–C–C–N with tert-alkyl or cyclic N) is 1. The molecule has 0 atom stereocenters. The standard InChI is InChI=1S/C20H26N4O5/c1-5-23-15-9-12(3)14(10-16(15)24(6-2)20(23)28)21-17-13(19(27)29-4)11-22(7-8-25)18(17)26/h9-10,21,25H,5-8,11H2,1-4H3. The number of carbonyl (C=O) groups excluding carboxylic acids is 2. The number of imidazole rings is 1. The van der Waals surface area contributed by atoms with Gasteiger partial charge in [0.25, 0.3) is 5.91 Å². The van der Waals surface area contributed by atoms with Crippen molar-refractivity contribution in [2.75, 3.05) is 32.1 Å². The highest BCUT2D eigenvalue weighted by Gasteiger charge is 2.34. The van der Waals surface area contributed by atoms with Crippen molar-refractivity contribution in [2.24, 2.45) is 0 Å². The topological polar surface area (TPSA) is 106 Å². The molecular formula is C20H26N4O5. The monoisotopic (exact) mass is 402 g/mol. The Morgan fingerprint density at radius 3 is 2.34 bits per heavy atom. The highest BCUT2D eigenvalue weighted by molar-refractivity contribution is 6.08. The van der Waals surface area contributed by atoms with Gasteiger partial charge in [-0.05, 0) is 38.5 Å². The second-order valence-electron chi connectivity index (χ2n) is 6.85. The van der Waals surface area contributed by atoms with Crippen molar-refractivity contribution in [3.63, 3.8) is 0 Å². The highest BCUT2D eigenvalue weighted by Crippen LogP contribution is 2.28. The zero-order chi connectivity index (χ0) is 21.3. The van der Waals surface area contributed by atoms with E-state index in [1.54, 1.807) is 9.13 Å². The van der Waals surface area contributed by atoms with Crippen molar-refractivity contribution in [1.29, 1.82) is 0 Å². The number of esters is 1. The minimum atomic E-state index is -0.595. The van der Waals surface area contributed by atoms with Crippen LogP contribution in [0.15, 0.2) is 28.2 Å². The largest absolute Gasteiger partial charge is 0.466 e. The van der Waals surface area contributed by atoms with Gasteiger partial charge in [-0.1, -0.05) is 0 Å². The molecular weight excluding hydrogens is 376 g/mol. The Morgan fingerprint density at radius 2 is 1.79 bits per heavy atom. The minimum Gasteiger partial charge on any atom is -0.466 e. The average molecular weight is 402 g/mol. The predicted molar refractivity (Wildman–Crippen MR) is 109 cm³/mol. The summed E-state index contributed by atoms with van der Waals surface area (Å²) in [5.74, 6) is -0.972. The van der Waals surface area contributed by atoms with E-state index in [2.05, 4.69) is 5.32 Å². The van der Waals surface area contributed by atoms with E-state index in [0.717, 1.165) is 16.6 Å². The van der Waals surface area contributed by atoms with Gasteiger partial charge in [0.15, 0.2) is 0 Å². The fourth-order valence-electron chi connectivity index (χ4n) is 3.69. The molecule has 2 aromatic rings. The summed E-state index contributed by atoms with van der Waals surface area (Å²) in [6.07, 6.45) is 0. The molecule has 1 aromatic heterocycles. The second kappa shape index (κ2) is 8.12. The van der Waals surface area contributed by atoms with Crippen molar-refractivity contribution >= 4 is 28.6 Å². The maximum atomic E-state index is 12.8. The molecule has 9 heteroatoms. The van der Waals surface area contributed by atoms with Gasteiger partial charge < -0.3 is 20.1 Å². The molecule has 0 saturated carbocycles. The third-order valence-electron chi connectivity index (χ3n) is 5.21. The quantitative estimate of drug-likeness (QED) is 0.665. The van der Waals surface area contributed by atoms with Crippen LogP contribution in [0.4, 0.5) is 5.69 Å². The van der Waals surface area contributed by atoms with E-state index in [1.165, 1.54) is 12.0 Å². The first kappa shape index (κ1) is 20.7. The number of aliphatic hydroxyl groups is 1. The Bertz CT molecular complexity index is 1060. The van der Waals surface area contributed by atoms with Gasteiger partial charge in [-0.3, -0.25) is 13.9 Å². The average Bonchev–Trinajstić information content (AvgIpc) is 3.15. The molecule has 156 valence electrons. The number of nitrogens with zero attached hydrogens (tertiary/aromatic N) is 3. The van der Waals surface area contributed by atoms with Crippen molar-refractivity contribution < 1.29 is 19.4 Å². The van der Waals surface area contributed by atoms with E-state index in [-0.39, 0.29) is 42.6 Å². The molecule has 0 unspecified atom stereocenters. The second-order valence-corrected chi connectivity index (χ2v) is 6.85. The number of methoxy groups -OCH3 is 1. The fourth-order valence-corrected chi connectivity index (χ4v) is 3.69. The van der Waals surface area contributed by atoms with Crippen LogP contribution in [-0.2, 0) is 27.4 Å². The lowest BCUT2D eigenvalue weighted by molar-refractivity contribution is -0.136. The van der Waals surface area contributed by atoms with Crippen molar-refractivity contribution in [3.05, 3.63) is 39.5 Å². The highest BCUT2D eigenvalue weighted by atomic mass is 16.5. The number of aryl methyl sites for hydroxylation is 3. The smallest absolute Gasteiger partial charge is 0.337 e. The van der Waals surface area contributed by atoms with Gasteiger partial charge >= 0.3 is 11.7 Å². The minimum absolute atomic E-state index is 0.0710. The third-order valence-corrected chi connectivity index (χ3v) is 5.21. The molecule has 0 spiro atoms. The molecule has 9 nitrogen and oxygen atoms in total. The summed E-state index contributed by atoms with van der Waals surface area (Å²) >= 11 is 0. The molecule has 0 fully saturated rings. The molecule has 0 aliphatic carbocycles. The van der Waals surface area contributed by atoms with Crippen LogP contribution in [0.2, 0.25) is 0 Å². The summed E-state index contributed by atoms with van der Waals surface area (Å²) in [5, 5.41) is 12.3. The number of carbonyl (C=O) groups is 2. The van der Waals surface area contributed by atoms with Crippen molar-refractivity contribution in [3.8, 4) is 0 Å². The Hall–Kier alpha value is -3.07. The first-order chi connectivity index (χ1) is 13.9. The molecule has 1 aliphatic rings.